The van der Waals surface area contributed by atoms with Crippen LogP contribution in [0.2, 0.25) is 0 Å². The lowest BCUT2D eigenvalue weighted by molar-refractivity contribution is -0.125. The largest absolute Gasteiger partial charge is 0.409 e. The highest BCUT2D eigenvalue weighted by molar-refractivity contribution is 7.71. The van der Waals surface area contributed by atoms with E-state index < -0.39 is 0 Å². The molecule has 0 saturated carbocycles. The van der Waals surface area contributed by atoms with Crippen LogP contribution >= 0.6 is 12.2 Å². The summed E-state index contributed by atoms with van der Waals surface area (Å²) in [5, 5.41) is 4.39. The average Bonchev–Trinajstić information content (AvgIpc) is 2.90. The van der Waals surface area contributed by atoms with E-state index in [1.54, 1.807) is 29.2 Å². The number of rotatable bonds is 4. The summed E-state index contributed by atoms with van der Waals surface area (Å²) in [7, 11) is 0. The molecule has 8 heteroatoms. The second-order valence-electron chi connectivity index (χ2n) is 5.28. The molecule has 3 rings (SSSR count). The Morgan fingerprint density at radius 2 is 2.18 bits per heavy atom. The van der Waals surface area contributed by atoms with Gasteiger partial charge >= 0.3 is 0 Å². The van der Waals surface area contributed by atoms with Gasteiger partial charge < -0.3 is 10.2 Å². The summed E-state index contributed by atoms with van der Waals surface area (Å²) in [5.41, 5.74) is 6.29. The molecule has 0 radical (unpaired) electrons. The van der Waals surface area contributed by atoms with Crippen LogP contribution in [0.25, 0.3) is 11.5 Å². The van der Waals surface area contributed by atoms with E-state index in [0.29, 0.717) is 12.6 Å². The number of hydrogen-bond acceptors (Lipinski definition) is 6. The molecule has 1 atom stereocenters. The monoisotopic (exact) mass is 319 g/mol. The van der Waals surface area contributed by atoms with E-state index in [9.17, 15) is 4.79 Å². The molecule has 2 aromatic rings. The summed E-state index contributed by atoms with van der Waals surface area (Å²) in [5.74, 6) is 0.143. The van der Waals surface area contributed by atoms with Crippen LogP contribution in [0.5, 0.6) is 0 Å². The Bertz CT molecular complexity index is 712. The molecule has 0 aliphatic carbocycles. The number of primary amides is 1. The third-order valence-electron chi connectivity index (χ3n) is 3.79. The number of amides is 1. The topological polar surface area (TPSA) is 90.2 Å². The SMILES string of the molecule is NC(=O)C1CCCCN1Cn1nc(-c2ccncc2)oc1=S. The summed E-state index contributed by atoms with van der Waals surface area (Å²) in [6, 6.07) is 3.34. The van der Waals surface area contributed by atoms with Crippen molar-refractivity contribution in [2.75, 3.05) is 6.54 Å². The van der Waals surface area contributed by atoms with Gasteiger partial charge in [-0.05, 0) is 37.2 Å². The molecule has 116 valence electrons. The number of likely N-dealkylation sites (tertiary alicyclic amines) is 1. The number of piperidine rings is 1. The molecule has 7 nitrogen and oxygen atoms in total. The maximum atomic E-state index is 11.6. The van der Waals surface area contributed by atoms with Gasteiger partial charge in [-0.1, -0.05) is 6.42 Å². The maximum absolute atomic E-state index is 11.6. The molecule has 1 saturated heterocycles. The van der Waals surface area contributed by atoms with Gasteiger partial charge in [0.2, 0.25) is 11.8 Å². The quantitative estimate of drug-likeness (QED) is 0.860. The molecule has 1 fully saturated rings. The molecule has 1 aliphatic rings. The minimum Gasteiger partial charge on any atom is -0.409 e. The van der Waals surface area contributed by atoms with Crippen molar-refractivity contribution in [3.63, 3.8) is 0 Å². The molecule has 2 aromatic heterocycles. The van der Waals surface area contributed by atoms with Crippen molar-refractivity contribution in [3.8, 4) is 11.5 Å². The molecule has 2 N–H and O–H groups in total. The van der Waals surface area contributed by atoms with Gasteiger partial charge in [-0.15, -0.1) is 5.10 Å². The number of carbonyl (C=O) groups excluding carboxylic acids is 1. The fraction of sp³-hybridized carbons (Fsp3) is 0.429. The van der Waals surface area contributed by atoms with Crippen LogP contribution in [-0.4, -0.2) is 38.2 Å². The van der Waals surface area contributed by atoms with Gasteiger partial charge in [-0.2, -0.15) is 0 Å². The Morgan fingerprint density at radius 1 is 1.41 bits per heavy atom. The number of carbonyl (C=O) groups is 1. The standard InChI is InChI=1S/C14H17N5O2S/c15-12(20)11-3-1-2-8-18(11)9-19-14(22)21-13(17-19)10-4-6-16-7-5-10/h4-7,11H,1-3,8-9H2,(H2,15,20). The molecule has 3 heterocycles. The Labute approximate surface area is 132 Å². The number of pyridine rings is 1. The van der Waals surface area contributed by atoms with Gasteiger partial charge in [0.15, 0.2) is 0 Å². The predicted octanol–water partition coefficient (Wildman–Crippen LogP) is 1.56. The zero-order chi connectivity index (χ0) is 15.5. The second-order valence-corrected chi connectivity index (χ2v) is 5.63. The van der Waals surface area contributed by atoms with Crippen LogP contribution in [0.3, 0.4) is 0 Å². The number of hydrogen-bond donors (Lipinski definition) is 1. The highest BCUT2D eigenvalue weighted by atomic mass is 32.1. The van der Waals surface area contributed by atoms with Crippen molar-refractivity contribution >= 4 is 18.1 Å². The van der Waals surface area contributed by atoms with E-state index in [4.69, 9.17) is 22.4 Å². The molecule has 0 bridgehead atoms. The third kappa shape index (κ3) is 3.07. The van der Waals surface area contributed by atoms with Crippen molar-refractivity contribution in [2.24, 2.45) is 5.73 Å². The minimum atomic E-state index is -0.302. The molecule has 22 heavy (non-hydrogen) atoms. The number of nitrogens with zero attached hydrogens (tertiary/aromatic N) is 4. The summed E-state index contributed by atoms with van der Waals surface area (Å²) in [4.78, 5) is 17.8. The first kappa shape index (κ1) is 14.9. The van der Waals surface area contributed by atoms with Crippen LogP contribution in [0, 0.1) is 4.84 Å². The van der Waals surface area contributed by atoms with Crippen LogP contribution < -0.4 is 5.73 Å². The van der Waals surface area contributed by atoms with Crippen molar-refractivity contribution in [2.45, 2.75) is 32.0 Å². The normalized spacial score (nSPS) is 19.2. The molecule has 0 spiro atoms. The molecule has 1 unspecified atom stereocenters. The smallest absolute Gasteiger partial charge is 0.288 e. The molecule has 1 aliphatic heterocycles. The van der Waals surface area contributed by atoms with Crippen LogP contribution in [0.15, 0.2) is 28.9 Å². The van der Waals surface area contributed by atoms with Gasteiger partial charge in [0, 0.05) is 24.5 Å². The van der Waals surface area contributed by atoms with Crippen molar-refractivity contribution in [1.29, 1.82) is 0 Å². The summed E-state index contributed by atoms with van der Waals surface area (Å²) < 4.78 is 7.12. The number of nitrogens with two attached hydrogens (primary N) is 1. The molecule has 1 amide bonds. The zero-order valence-corrected chi connectivity index (χ0v) is 12.8. The lowest BCUT2D eigenvalue weighted by Crippen LogP contribution is -2.48. The van der Waals surface area contributed by atoms with E-state index in [2.05, 4.69) is 10.1 Å². The predicted molar refractivity (Wildman–Crippen MR) is 82.1 cm³/mol. The second kappa shape index (κ2) is 6.37. The van der Waals surface area contributed by atoms with Crippen molar-refractivity contribution < 1.29 is 9.21 Å². The first-order valence-corrected chi connectivity index (χ1v) is 7.57. The van der Waals surface area contributed by atoms with E-state index in [1.165, 1.54) is 0 Å². The summed E-state index contributed by atoms with van der Waals surface area (Å²) in [6.07, 6.45) is 6.15. The summed E-state index contributed by atoms with van der Waals surface area (Å²) >= 11 is 5.22. The van der Waals surface area contributed by atoms with Gasteiger partial charge in [0.25, 0.3) is 4.84 Å². The maximum Gasteiger partial charge on any atom is 0.288 e. The van der Waals surface area contributed by atoms with Gasteiger partial charge in [0.1, 0.15) is 0 Å². The molecule has 0 aromatic carbocycles. The lowest BCUT2D eigenvalue weighted by Gasteiger charge is -2.32. The fourth-order valence-electron chi connectivity index (χ4n) is 2.66. The summed E-state index contributed by atoms with van der Waals surface area (Å²) in [6.45, 7) is 1.20. The fourth-order valence-corrected chi connectivity index (χ4v) is 2.84. The van der Waals surface area contributed by atoms with E-state index in [-0.39, 0.29) is 16.8 Å². The van der Waals surface area contributed by atoms with Gasteiger partial charge in [-0.3, -0.25) is 14.7 Å². The van der Waals surface area contributed by atoms with Crippen LogP contribution in [-0.2, 0) is 11.5 Å². The van der Waals surface area contributed by atoms with Gasteiger partial charge in [0.05, 0.1) is 12.7 Å². The van der Waals surface area contributed by atoms with E-state index >= 15 is 0 Å². The first-order chi connectivity index (χ1) is 10.6. The average molecular weight is 319 g/mol. The Hall–Kier alpha value is -2.06. The Morgan fingerprint density at radius 3 is 2.91 bits per heavy atom. The van der Waals surface area contributed by atoms with Crippen molar-refractivity contribution in [3.05, 3.63) is 29.4 Å². The van der Waals surface area contributed by atoms with Crippen LogP contribution in [0.4, 0.5) is 0 Å². The lowest BCUT2D eigenvalue weighted by atomic mass is 10.0. The molecular formula is C14H17N5O2S. The first-order valence-electron chi connectivity index (χ1n) is 7.17. The zero-order valence-electron chi connectivity index (χ0n) is 12.0. The van der Waals surface area contributed by atoms with E-state index in [1.807, 2.05) is 4.90 Å². The highest BCUT2D eigenvalue weighted by Crippen LogP contribution is 2.20. The highest BCUT2D eigenvalue weighted by Gasteiger charge is 2.27. The molecular weight excluding hydrogens is 302 g/mol. The van der Waals surface area contributed by atoms with Gasteiger partial charge in [-0.25, -0.2) is 4.68 Å². The third-order valence-corrected chi connectivity index (χ3v) is 4.09. The van der Waals surface area contributed by atoms with Crippen LogP contribution in [0.1, 0.15) is 19.3 Å². The minimum absolute atomic E-state index is 0.267. The van der Waals surface area contributed by atoms with E-state index in [0.717, 1.165) is 31.4 Å². The Kier molecular flexibility index (Phi) is 4.30. The van der Waals surface area contributed by atoms with Crippen molar-refractivity contribution in [1.82, 2.24) is 19.7 Å². The Balaban J connectivity index is 1.82. The number of aromatic nitrogens is 3.